The van der Waals surface area contributed by atoms with Gasteiger partial charge in [0.1, 0.15) is 11.9 Å². The van der Waals surface area contributed by atoms with Gasteiger partial charge in [0.2, 0.25) is 0 Å². The highest BCUT2D eigenvalue weighted by Gasteiger charge is 2.32. The molecule has 3 rings (SSSR count). The fourth-order valence-electron chi connectivity index (χ4n) is 3.75. The maximum atomic E-state index is 12.4. The molecule has 1 aromatic carbocycles. The smallest absolute Gasteiger partial charge is 0.317 e. The van der Waals surface area contributed by atoms with E-state index in [0.717, 1.165) is 51.3 Å². The summed E-state index contributed by atoms with van der Waals surface area (Å²) in [7, 11) is 2.17. The Morgan fingerprint density at radius 2 is 1.96 bits per heavy atom. The van der Waals surface area contributed by atoms with Crippen LogP contribution in [0.5, 0.6) is 5.75 Å². The van der Waals surface area contributed by atoms with Crippen molar-refractivity contribution in [2.75, 3.05) is 52.9 Å². The molecule has 0 spiro atoms. The molecular formula is C21H34N4O2. The van der Waals surface area contributed by atoms with Crippen molar-refractivity contribution in [1.29, 1.82) is 0 Å². The fraction of sp³-hybridized carbons (Fsp3) is 0.667. The molecule has 1 N–H and O–H groups in total. The zero-order valence-corrected chi connectivity index (χ0v) is 17.0. The van der Waals surface area contributed by atoms with Crippen LogP contribution in [0.25, 0.3) is 0 Å². The summed E-state index contributed by atoms with van der Waals surface area (Å²) in [5.41, 5.74) is 1.27. The lowest BCUT2D eigenvalue weighted by Gasteiger charge is -2.40. The minimum Gasteiger partial charge on any atom is -0.487 e. The van der Waals surface area contributed by atoms with E-state index in [9.17, 15) is 4.79 Å². The van der Waals surface area contributed by atoms with Gasteiger partial charge in [-0.05, 0) is 37.6 Å². The summed E-state index contributed by atoms with van der Waals surface area (Å²) < 4.78 is 5.99. The number of rotatable bonds is 7. The van der Waals surface area contributed by atoms with E-state index in [1.54, 1.807) is 0 Å². The van der Waals surface area contributed by atoms with Crippen LogP contribution < -0.4 is 10.1 Å². The Labute approximate surface area is 163 Å². The van der Waals surface area contributed by atoms with Crippen LogP contribution >= 0.6 is 0 Å². The number of likely N-dealkylation sites (N-methyl/N-ethyl adjacent to an activating group) is 1. The van der Waals surface area contributed by atoms with E-state index in [4.69, 9.17) is 4.74 Å². The Hall–Kier alpha value is -1.79. The Kier molecular flexibility index (Phi) is 6.96. The SMILES string of the molecule is CCc1cccc(OC2CN(C(=O)NC[C@H](CC)N3CCN(C)CC3)C2)c1. The van der Waals surface area contributed by atoms with E-state index in [1.807, 2.05) is 17.0 Å². The van der Waals surface area contributed by atoms with Crippen molar-refractivity contribution in [3.05, 3.63) is 29.8 Å². The van der Waals surface area contributed by atoms with Crippen LogP contribution in [0.1, 0.15) is 25.8 Å². The number of likely N-dealkylation sites (tertiary alicyclic amines) is 1. The van der Waals surface area contributed by atoms with Crippen LogP contribution in [0.4, 0.5) is 4.79 Å². The lowest BCUT2D eigenvalue weighted by atomic mass is 10.1. The van der Waals surface area contributed by atoms with Gasteiger partial charge < -0.3 is 19.9 Å². The molecule has 0 radical (unpaired) electrons. The molecule has 2 heterocycles. The van der Waals surface area contributed by atoms with Gasteiger partial charge in [0, 0.05) is 38.8 Å². The molecule has 2 amide bonds. The summed E-state index contributed by atoms with van der Waals surface area (Å²) in [6.45, 7) is 10.8. The van der Waals surface area contributed by atoms with Gasteiger partial charge in [0.15, 0.2) is 0 Å². The molecule has 2 saturated heterocycles. The first kappa shape index (κ1) is 20.0. The van der Waals surface area contributed by atoms with Gasteiger partial charge in [0.05, 0.1) is 13.1 Å². The molecule has 0 aromatic heterocycles. The standard InChI is InChI=1S/C21H34N4O2/c1-4-17-7-6-8-19(13-17)27-20-15-25(16-20)21(26)22-14-18(5-2)24-11-9-23(3)10-12-24/h6-8,13,18,20H,4-5,9-12,14-16H2,1-3H3,(H,22,26)/t18-/m0/s1. The number of aryl methyl sites for hydroxylation is 1. The lowest BCUT2D eigenvalue weighted by Crippen LogP contribution is -2.60. The summed E-state index contributed by atoms with van der Waals surface area (Å²) in [5, 5.41) is 3.12. The normalized spacial score (nSPS) is 20.2. The molecule has 0 aliphatic carbocycles. The Balaban J connectivity index is 1.38. The van der Waals surface area contributed by atoms with E-state index in [2.05, 4.69) is 48.1 Å². The minimum atomic E-state index is 0.0322. The molecule has 2 fully saturated rings. The van der Waals surface area contributed by atoms with Gasteiger partial charge in [-0.3, -0.25) is 4.90 Å². The van der Waals surface area contributed by atoms with Crippen molar-refractivity contribution in [3.8, 4) is 5.75 Å². The minimum absolute atomic E-state index is 0.0322. The molecule has 1 atom stereocenters. The third kappa shape index (κ3) is 5.36. The third-order valence-corrected chi connectivity index (χ3v) is 5.76. The largest absolute Gasteiger partial charge is 0.487 e. The molecule has 0 unspecified atom stereocenters. The van der Waals surface area contributed by atoms with Crippen molar-refractivity contribution in [2.45, 2.75) is 38.8 Å². The highest BCUT2D eigenvalue weighted by Crippen LogP contribution is 2.20. The van der Waals surface area contributed by atoms with E-state index >= 15 is 0 Å². The molecule has 6 nitrogen and oxygen atoms in total. The Morgan fingerprint density at radius 1 is 1.22 bits per heavy atom. The van der Waals surface area contributed by atoms with Crippen molar-refractivity contribution in [2.24, 2.45) is 0 Å². The summed E-state index contributed by atoms with van der Waals surface area (Å²) in [6.07, 6.45) is 2.16. The number of carbonyl (C=O) groups is 1. The van der Waals surface area contributed by atoms with E-state index in [-0.39, 0.29) is 12.1 Å². The molecule has 1 aromatic rings. The molecule has 0 saturated carbocycles. The number of benzene rings is 1. The van der Waals surface area contributed by atoms with Gasteiger partial charge in [0.25, 0.3) is 0 Å². The van der Waals surface area contributed by atoms with Crippen molar-refractivity contribution in [3.63, 3.8) is 0 Å². The topological polar surface area (TPSA) is 48.1 Å². The van der Waals surface area contributed by atoms with Crippen LogP contribution in [0, 0.1) is 0 Å². The number of hydrogen-bond donors (Lipinski definition) is 1. The number of amides is 2. The molecule has 2 aliphatic heterocycles. The zero-order chi connectivity index (χ0) is 19.2. The first-order valence-electron chi connectivity index (χ1n) is 10.3. The molecule has 2 aliphatic rings. The fourth-order valence-corrected chi connectivity index (χ4v) is 3.75. The van der Waals surface area contributed by atoms with Gasteiger partial charge in [-0.15, -0.1) is 0 Å². The number of ether oxygens (including phenoxy) is 1. The maximum Gasteiger partial charge on any atom is 0.317 e. The van der Waals surface area contributed by atoms with Gasteiger partial charge in [-0.25, -0.2) is 4.79 Å². The number of carbonyl (C=O) groups excluding carboxylic acids is 1. The van der Waals surface area contributed by atoms with E-state index in [0.29, 0.717) is 19.1 Å². The van der Waals surface area contributed by atoms with E-state index in [1.165, 1.54) is 5.56 Å². The van der Waals surface area contributed by atoms with Crippen molar-refractivity contribution < 1.29 is 9.53 Å². The molecule has 27 heavy (non-hydrogen) atoms. The number of piperazine rings is 1. The number of hydrogen-bond acceptors (Lipinski definition) is 4. The van der Waals surface area contributed by atoms with Gasteiger partial charge >= 0.3 is 6.03 Å². The first-order chi connectivity index (χ1) is 13.1. The van der Waals surface area contributed by atoms with E-state index < -0.39 is 0 Å². The second kappa shape index (κ2) is 9.42. The molecule has 150 valence electrons. The maximum absolute atomic E-state index is 12.4. The third-order valence-electron chi connectivity index (χ3n) is 5.76. The van der Waals surface area contributed by atoms with Crippen LogP contribution in [0.3, 0.4) is 0 Å². The summed E-state index contributed by atoms with van der Waals surface area (Å²) in [4.78, 5) is 19.1. The number of urea groups is 1. The van der Waals surface area contributed by atoms with Crippen LogP contribution in [0.2, 0.25) is 0 Å². The average Bonchev–Trinajstić information content (AvgIpc) is 2.66. The first-order valence-corrected chi connectivity index (χ1v) is 10.3. The zero-order valence-electron chi connectivity index (χ0n) is 17.0. The Morgan fingerprint density at radius 3 is 2.63 bits per heavy atom. The van der Waals surface area contributed by atoms with Gasteiger partial charge in [-0.1, -0.05) is 26.0 Å². The summed E-state index contributed by atoms with van der Waals surface area (Å²) in [6, 6.07) is 8.67. The van der Waals surface area contributed by atoms with Crippen LogP contribution in [-0.4, -0.2) is 85.7 Å². The average molecular weight is 375 g/mol. The summed E-state index contributed by atoms with van der Waals surface area (Å²) in [5.74, 6) is 0.903. The molecule has 6 heteroatoms. The predicted molar refractivity (Wildman–Crippen MR) is 108 cm³/mol. The van der Waals surface area contributed by atoms with Crippen LogP contribution in [-0.2, 0) is 6.42 Å². The quantitative estimate of drug-likeness (QED) is 0.794. The lowest BCUT2D eigenvalue weighted by molar-refractivity contribution is 0.0429. The molecular weight excluding hydrogens is 340 g/mol. The number of nitrogens with one attached hydrogen (secondary N) is 1. The number of nitrogens with zero attached hydrogens (tertiary/aromatic N) is 3. The van der Waals surface area contributed by atoms with Gasteiger partial charge in [-0.2, -0.15) is 0 Å². The second-order valence-electron chi connectivity index (χ2n) is 7.73. The second-order valence-corrected chi connectivity index (χ2v) is 7.73. The van der Waals surface area contributed by atoms with Crippen molar-refractivity contribution in [1.82, 2.24) is 20.0 Å². The molecule has 0 bridgehead atoms. The highest BCUT2D eigenvalue weighted by molar-refractivity contribution is 5.75. The monoisotopic (exact) mass is 374 g/mol. The Bertz CT molecular complexity index is 610. The predicted octanol–water partition coefficient (Wildman–Crippen LogP) is 2.05. The van der Waals surface area contributed by atoms with Crippen molar-refractivity contribution >= 4 is 6.03 Å². The summed E-state index contributed by atoms with van der Waals surface area (Å²) >= 11 is 0. The van der Waals surface area contributed by atoms with Crippen LogP contribution in [0.15, 0.2) is 24.3 Å². The highest BCUT2D eigenvalue weighted by atomic mass is 16.5.